The summed E-state index contributed by atoms with van der Waals surface area (Å²) < 4.78 is 5.15. The van der Waals surface area contributed by atoms with E-state index in [0.29, 0.717) is 19.6 Å². The molecule has 1 saturated heterocycles. The van der Waals surface area contributed by atoms with E-state index < -0.39 is 0 Å². The number of fused-ring (bicyclic) bond motifs is 1. The number of likely N-dealkylation sites (tertiary alicyclic amines) is 1. The van der Waals surface area contributed by atoms with Crippen LogP contribution in [0.1, 0.15) is 48.3 Å². The van der Waals surface area contributed by atoms with Gasteiger partial charge in [0.25, 0.3) is 0 Å². The number of hydrogen-bond donors (Lipinski definition) is 2. The zero-order valence-corrected chi connectivity index (χ0v) is 18.1. The normalized spacial score (nSPS) is 18.7. The Hall–Kier alpha value is -3.02. The molecule has 2 aromatic rings. The van der Waals surface area contributed by atoms with Crippen LogP contribution in [-0.4, -0.2) is 43.1 Å². The van der Waals surface area contributed by atoms with Crippen molar-refractivity contribution in [2.24, 2.45) is 0 Å². The number of carbonyl (C=O) groups excluding carboxylic acids is 2. The molecule has 2 N–H and O–H groups in total. The highest BCUT2D eigenvalue weighted by Gasteiger charge is 2.32. The number of nitrogens with one attached hydrogen (secondary N) is 2. The number of carbonyl (C=O) groups is 2. The molecule has 6 nitrogen and oxygen atoms in total. The summed E-state index contributed by atoms with van der Waals surface area (Å²) in [4.78, 5) is 27.4. The minimum Gasteiger partial charge on any atom is -0.497 e. The Morgan fingerprint density at radius 1 is 1.03 bits per heavy atom. The molecule has 1 unspecified atom stereocenters. The zero-order chi connectivity index (χ0) is 21.6. The average Bonchev–Trinajstić information content (AvgIpc) is 2.83. The fourth-order valence-electron chi connectivity index (χ4n) is 4.64. The SMILES string of the molecule is COc1ccc(CNC(=O)NC2CCN(C(=O)C3CCCc4ccccc43)CC2)cc1. The first-order valence-electron chi connectivity index (χ1n) is 11.2. The predicted octanol–water partition coefficient (Wildman–Crippen LogP) is 3.61. The molecule has 2 aliphatic rings. The number of aryl methyl sites for hydroxylation is 1. The first-order chi connectivity index (χ1) is 15.1. The van der Waals surface area contributed by atoms with E-state index in [4.69, 9.17) is 4.74 Å². The Balaban J connectivity index is 1.23. The average molecular weight is 422 g/mol. The number of rotatable bonds is 5. The summed E-state index contributed by atoms with van der Waals surface area (Å²) in [6, 6.07) is 15.9. The van der Waals surface area contributed by atoms with Crippen LogP contribution in [0.3, 0.4) is 0 Å². The highest BCUT2D eigenvalue weighted by molar-refractivity contribution is 5.84. The van der Waals surface area contributed by atoms with E-state index in [1.807, 2.05) is 35.2 Å². The monoisotopic (exact) mass is 421 g/mol. The highest BCUT2D eigenvalue weighted by Crippen LogP contribution is 2.33. The van der Waals surface area contributed by atoms with Gasteiger partial charge in [0.1, 0.15) is 5.75 Å². The third-order valence-corrected chi connectivity index (χ3v) is 6.42. The van der Waals surface area contributed by atoms with Crippen LogP contribution < -0.4 is 15.4 Å². The number of amides is 3. The maximum absolute atomic E-state index is 13.2. The van der Waals surface area contributed by atoms with Gasteiger partial charge in [-0.25, -0.2) is 4.79 Å². The Morgan fingerprint density at radius 2 is 1.77 bits per heavy atom. The van der Waals surface area contributed by atoms with E-state index in [1.165, 1.54) is 11.1 Å². The first kappa shape index (κ1) is 21.2. The van der Waals surface area contributed by atoms with E-state index in [2.05, 4.69) is 28.8 Å². The molecule has 0 aromatic heterocycles. The number of hydrogen-bond acceptors (Lipinski definition) is 3. The number of methoxy groups -OCH3 is 1. The number of urea groups is 1. The molecule has 2 aromatic carbocycles. The smallest absolute Gasteiger partial charge is 0.315 e. The van der Waals surface area contributed by atoms with Crippen molar-refractivity contribution in [3.8, 4) is 5.75 Å². The lowest BCUT2D eigenvalue weighted by Crippen LogP contribution is -2.50. The Labute approximate surface area is 184 Å². The quantitative estimate of drug-likeness (QED) is 0.775. The number of piperidine rings is 1. The fourth-order valence-corrected chi connectivity index (χ4v) is 4.64. The van der Waals surface area contributed by atoms with Gasteiger partial charge in [-0.15, -0.1) is 0 Å². The van der Waals surface area contributed by atoms with Gasteiger partial charge in [-0.05, 0) is 60.9 Å². The van der Waals surface area contributed by atoms with Gasteiger partial charge in [0.05, 0.1) is 13.0 Å². The molecule has 1 fully saturated rings. The third-order valence-electron chi connectivity index (χ3n) is 6.42. The molecule has 0 radical (unpaired) electrons. The molecule has 1 heterocycles. The van der Waals surface area contributed by atoms with Crippen molar-refractivity contribution in [3.63, 3.8) is 0 Å². The molecule has 1 aliphatic carbocycles. The van der Waals surface area contributed by atoms with E-state index in [1.54, 1.807) is 7.11 Å². The lowest BCUT2D eigenvalue weighted by molar-refractivity contribution is -0.134. The Morgan fingerprint density at radius 3 is 2.52 bits per heavy atom. The zero-order valence-electron chi connectivity index (χ0n) is 18.1. The van der Waals surface area contributed by atoms with Crippen LogP contribution in [0.25, 0.3) is 0 Å². The third kappa shape index (κ3) is 5.19. The van der Waals surface area contributed by atoms with Crippen molar-refractivity contribution in [3.05, 3.63) is 65.2 Å². The van der Waals surface area contributed by atoms with Crippen molar-refractivity contribution in [1.82, 2.24) is 15.5 Å². The second-order valence-corrected chi connectivity index (χ2v) is 8.42. The van der Waals surface area contributed by atoms with Crippen LogP contribution in [-0.2, 0) is 17.8 Å². The highest BCUT2D eigenvalue weighted by atomic mass is 16.5. The lowest BCUT2D eigenvalue weighted by atomic mass is 9.82. The molecular formula is C25H31N3O3. The maximum Gasteiger partial charge on any atom is 0.315 e. The molecule has 0 bridgehead atoms. The topological polar surface area (TPSA) is 70.7 Å². The van der Waals surface area contributed by atoms with Gasteiger partial charge >= 0.3 is 6.03 Å². The maximum atomic E-state index is 13.2. The largest absolute Gasteiger partial charge is 0.497 e. The summed E-state index contributed by atoms with van der Waals surface area (Å²) in [7, 11) is 1.63. The van der Waals surface area contributed by atoms with Gasteiger partial charge in [0.15, 0.2) is 0 Å². The molecule has 164 valence electrons. The summed E-state index contributed by atoms with van der Waals surface area (Å²) in [5, 5.41) is 5.96. The molecule has 31 heavy (non-hydrogen) atoms. The van der Waals surface area contributed by atoms with E-state index >= 15 is 0 Å². The number of benzene rings is 2. The molecule has 6 heteroatoms. The molecule has 4 rings (SSSR count). The molecule has 1 aliphatic heterocycles. The number of nitrogens with zero attached hydrogens (tertiary/aromatic N) is 1. The van der Waals surface area contributed by atoms with Crippen LogP contribution in [0.4, 0.5) is 4.79 Å². The second kappa shape index (κ2) is 9.86. The molecule has 0 saturated carbocycles. The van der Waals surface area contributed by atoms with Crippen molar-refractivity contribution in [1.29, 1.82) is 0 Å². The lowest BCUT2D eigenvalue weighted by Gasteiger charge is -2.36. The Kier molecular flexibility index (Phi) is 6.75. The van der Waals surface area contributed by atoms with Gasteiger partial charge in [0.2, 0.25) is 5.91 Å². The van der Waals surface area contributed by atoms with E-state index in [-0.39, 0.29) is 23.9 Å². The van der Waals surface area contributed by atoms with Crippen molar-refractivity contribution >= 4 is 11.9 Å². The minimum absolute atomic E-state index is 0.0118. The van der Waals surface area contributed by atoms with Crippen LogP contribution in [0.2, 0.25) is 0 Å². The number of ether oxygens (including phenoxy) is 1. The molecule has 1 atom stereocenters. The van der Waals surface area contributed by atoms with Gasteiger partial charge in [-0.2, -0.15) is 0 Å². The summed E-state index contributed by atoms with van der Waals surface area (Å²) in [6.45, 7) is 1.86. The second-order valence-electron chi connectivity index (χ2n) is 8.42. The van der Waals surface area contributed by atoms with E-state index in [0.717, 1.165) is 43.4 Å². The fraction of sp³-hybridized carbons (Fsp3) is 0.440. The predicted molar refractivity (Wildman–Crippen MR) is 120 cm³/mol. The Bertz CT molecular complexity index is 904. The molecule has 3 amide bonds. The van der Waals surface area contributed by atoms with Gasteiger partial charge in [0, 0.05) is 25.7 Å². The van der Waals surface area contributed by atoms with Crippen LogP contribution >= 0.6 is 0 Å². The van der Waals surface area contributed by atoms with Crippen LogP contribution in [0.5, 0.6) is 5.75 Å². The van der Waals surface area contributed by atoms with Crippen molar-refractivity contribution in [2.75, 3.05) is 20.2 Å². The summed E-state index contributed by atoms with van der Waals surface area (Å²) in [6.07, 6.45) is 4.64. The van der Waals surface area contributed by atoms with Gasteiger partial charge in [-0.3, -0.25) is 4.79 Å². The van der Waals surface area contributed by atoms with Crippen LogP contribution in [0.15, 0.2) is 48.5 Å². The summed E-state index contributed by atoms with van der Waals surface area (Å²) >= 11 is 0. The summed E-state index contributed by atoms with van der Waals surface area (Å²) in [5.41, 5.74) is 3.54. The minimum atomic E-state index is -0.165. The molecular weight excluding hydrogens is 390 g/mol. The van der Waals surface area contributed by atoms with Crippen molar-refractivity contribution in [2.45, 2.75) is 50.6 Å². The molecule has 0 spiro atoms. The van der Waals surface area contributed by atoms with Crippen LogP contribution in [0, 0.1) is 0 Å². The first-order valence-corrected chi connectivity index (χ1v) is 11.2. The van der Waals surface area contributed by atoms with Gasteiger partial charge < -0.3 is 20.3 Å². The van der Waals surface area contributed by atoms with Gasteiger partial charge in [-0.1, -0.05) is 36.4 Å². The van der Waals surface area contributed by atoms with Crippen molar-refractivity contribution < 1.29 is 14.3 Å². The summed E-state index contributed by atoms with van der Waals surface area (Å²) in [5.74, 6) is 1.03. The standard InChI is InChI=1S/C25H31N3O3/c1-31-21-11-9-18(10-12-21)17-26-25(30)27-20-13-15-28(16-14-20)24(29)23-8-4-6-19-5-2-3-7-22(19)23/h2-3,5,7,9-12,20,23H,4,6,8,13-17H2,1H3,(H2,26,27,30). The van der Waals surface area contributed by atoms with E-state index in [9.17, 15) is 9.59 Å².